The van der Waals surface area contributed by atoms with Crippen LogP contribution < -0.4 is 9.62 Å². The fraction of sp³-hybridized carbons (Fsp3) is 0.500. The summed E-state index contributed by atoms with van der Waals surface area (Å²) in [6.07, 6.45) is 9.96. The molecule has 0 unspecified atom stereocenters. The van der Waals surface area contributed by atoms with Crippen molar-refractivity contribution >= 4 is 27.5 Å². The zero-order chi connectivity index (χ0) is 34.1. The van der Waals surface area contributed by atoms with Crippen LogP contribution in [0.3, 0.4) is 0 Å². The van der Waals surface area contributed by atoms with Crippen molar-refractivity contribution in [2.75, 3.05) is 17.1 Å². The summed E-state index contributed by atoms with van der Waals surface area (Å²) >= 11 is 0. The van der Waals surface area contributed by atoms with Crippen LogP contribution in [0.5, 0.6) is 0 Å². The van der Waals surface area contributed by atoms with E-state index in [-0.39, 0.29) is 23.9 Å². The molecule has 0 radical (unpaired) electrons. The molecule has 2 amide bonds. The van der Waals surface area contributed by atoms with Crippen LogP contribution in [0.15, 0.2) is 78.9 Å². The second-order valence-corrected chi connectivity index (χ2v) is 17.0. The zero-order valence-corrected chi connectivity index (χ0v) is 29.7. The van der Waals surface area contributed by atoms with E-state index in [0.717, 1.165) is 47.1 Å². The molecular formula is C40H51N3O4S. The summed E-state index contributed by atoms with van der Waals surface area (Å²) in [5, 5.41) is 3.09. The molecule has 0 saturated heterocycles. The van der Waals surface area contributed by atoms with E-state index in [1.54, 1.807) is 4.90 Å². The maximum atomic E-state index is 14.5. The van der Waals surface area contributed by atoms with E-state index in [4.69, 9.17) is 0 Å². The average Bonchev–Trinajstić information content (AvgIpc) is 3.05. The third kappa shape index (κ3) is 7.64. The molecule has 3 aromatic carbocycles. The van der Waals surface area contributed by atoms with Gasteiger partial charge < -0.3 is 10.2 Å². The highest BCUT2D eigenvalue weighted by Gasteiger charge is 2.51. The molecule has 0 spiro atoms. The van der Waals surface area contributed by atoms with Crippen molar-refractivity contribution in [3.63, 3.8) is 0 Å². The summed E-state index contributed by atoms with van der Waals surface area (Å²) in [5.74, 6) is 1.75. The fourth-order valence-electron chi connectivity index (χ4n) is 8.94. The number of amides is 2. The van der Waals surface area contributed by atoms with Gasteiger partial charge in [-0.2, -0.15) is 0 Å². The first-order valence-corrected chi connectivity index (χ1v) is 19.5. The number of nitrogens with zero attached hydrogens (tertiary/aromatic N) is 2. The number of hydrogen-bond donors (Lipinski definition) is 1. The van der Waals surface area contributed by atoms with Crippen LogP contribution in [0, 0.1) is 24.7 Å². The molecule has 4 fully saturated rings. The average molecular weight is 670 g/mol. The van der Waals surface area contributed by atoms with E-state index in [1.807, 2.05) is 87.5 Å². The van der Waals surface area contributed by atoms with Gasteiger partial charge in [-0.15, -0.1) is 0 Å². The van der Waals surface area contributed by atoms with Gasteiger partial charge in [0.15, 0.2) is 0 Å². The normalized spacial score (nSPS) is 24.1. The van der Waals surface area contributed by atoms with E-state index in [1.165, 1.54) is 48.4 Å². The van der Waals surface area contributed by atoms with Crippen molar-refractivity contribution in [1.29, 1.82) is 0 Å². The predicted molar refractivity (Wildman–Crippen MR) is 192 cm³/mol. The molecule has 4 saturated carbocycles. The van der Waals surface area contributed by atoms with Crippen LogP contribution in [0.25, 0.3) is 0 Å². The van der Waals surface area contributed by atoms with Crippen molar-refractivity contribution < 1.29 is 18.0 Å². The summed E-state index contributed by atoms with van der Waals surface area (Å²) in [6.45, 7) is 5.73. The molecule has 0 heterocycles. The lowest BCUT2D eigenvalue weighted by Gasteiger charge is -2.57. The first kappa shape index (κ1) is 34.2. The minimum Gasteiger partial charge on any atom is -0.352 e. The van der Waals surface area contributed by atoms with Gasteiger partial charge in [0.1, 0.15) is 12.6 Å². The van der Waals surface area contributed by atoms with Crippen LogP contribution >= 0.6 is 0 Å². The molecule has 8 heteroatoms. The highest BCUT2D eigenvalue weighted by atomic mass is 32.2. The molecule has 256 valence electrons. The number of anilines is 1. The Morgan fingerprint density at radius 1 is 0.854 bits per heavy atom. The van der Waals surface area contributed by atoms with Crippen LogP contribution in [-0.4, -0.2) is 50.0 Å². The Morgan fingerprint density at radius 2 is 1.44 bits per heavy atom. The first-order valence-electron chi connectivity index (χ1n) is 17.7. The van der Waals surface area contributed by atoms with Gasteiger partial charge >= 0.3 is 0 Å². The van der Waals surface area contributed by atoms with Gasteiger partial charge in [-0.3, -0.25) is 13.9 Å². The number of nitrogens with one attached hydrogen (secondary N) is 1. The maximum Gasteiger partial charge on any atom is 0.244 e. The number of carbonyl (C=O) groups is 2. The number of benzene rings is 3. The number of rotatable bonds is 13. The van der Waals surface area contributed by atoms with E-state index in [9.17, 15) is 18.0 Å². The summed E-state index contributed by atoms with van der Waals surface area (Å²) < 4.78 is 27.9. The summed E-state index contributed by atoms with van der Waals surface area (Å²) in [4.78, 5) is 30.0. The van der Waals surface area contributed by atoms with Gasteiger partial charge in [0, 0.05) is 19.0 Å². The van der Waals surface area contributed by atoms with Gasteiger partial charge in [-0.25, -0.2) is 8.42 Å². The Morgan fingerprint density at radius 3 is 1.98 bits per heavy atom. The standard InChI is InChI=1S/C40H51N3O4S/c1-5-29(3)41-39(45)37(22-30-9-7-6-8-10-30)42(26-31-13-11-28(2)12-14-31)38(44)27-43(48(4,46)47)36-17-15-35(16-18-36)40-23-32-19-33(24-40)21-34(20-32)25-40/h6-18,29,32-34,37H,5,19-27H2,1-4H3,(H,41,45)/t29-,32?,33?,34?,37-,40?/m1/s1. The minimum atomic E-state index is -3.83. The largest absolute Gasteiger partial charge is 0.352 e. The van der Waals surface area contributed by atoms with Crippen molar-refractivity contribution in [3.05, 3.63) is 101 Å². The molecule has 3 aromatic rings. The number of hydrogen-bond acceptors (Lipinski definition) is 4. The second kappa shape index (κ2) is 14.1. The van der Waals surface area contributed by atoms with Crippen molar-refractivity contribution in [1.82, 2.24) is 10.2 Å². The lowest BCUT2D eigenvalue weighted by atomic mass is 9.48. The second-order valence-electron chi connectivity index (χ2n) is 15.0. The van der Waals surface area contributed by atoms with Gasteiger partial charge in [0.25, 0.3) is 0 Å². The summed E-state index contributed by atoms with van der Waals surface area (Å²) in [7, 11) is -3.83. The van der Waals surface area contributed by atoms with Crippen molar-refractivity contribution in [3.8, 4) is 0 Å². The van der Waals surface area contributed by atoms with Gasteiger partial charge in [0.05, 0.1) is 11.9 Å². The van der Waals surface area contributed by atoms with Crippen LogP contribution in [-0.2, 0) is 38.0 Å². The number of sulfonamides is 1. The monoisotopic (exact) mass is 669 g/mol. The Bertz CT molecular complexity index is 1650. The maximum absolute atomic E-state index is 14.5. The minimum absolute atomic E-state index is 0.0768. The van der Waals surface area contributed by atoms with Gasteiger partial charge in [-0.1, -0.05) is 79.2 Å². The summed E-state index contributed by atoms with van der Waals surface area (Å²) in [5.41, 5.74) is 4.84. The molecule has 4 bridgehead atoms. The van der Waals surface area contributed by atoms with Crippen LogP contribution in [0.4, 0.5) is 5.69 Å². The Kier molecular flexibility index (Phi) is 10.0. The molecule has 7 nitrogen and oxygen atoms in total. The van der Waals surface area contributed by atoms with E-state index >= 15 is 0 Å². The topological polar surface area (TPSA) is 86.8 Å². The highest BCUT2D eigenvalue weighted by Crippen LogP contribution is 2.60. The fourth-order valence-corrected chi connectivity index (χ4v) is 9.79. The molecule has 4 aliphatic carbocycles. The summed E-state index contributed by atoms with van der Waals surface area (Å²) in [6, 6.07) is 24.6. The van der Waals surface area contributed by atoms with Crippen molar-refractivity contribution in [2.45, 2.75) is 96.2 Å². The van der Waals surface area contributed by atoms with Gasteiger partial charge in [0.2, 0.25) is 21.8 Å². The molecule has 48 heavy (non-hydrogen) atoms. The molecule has 7 rings (SSSR count). The predicted octanol–water partition coefficient (Wildman–Crippen LogP) is 6.78. The molecule has 1 N–H and O–H groups in total. The third-order valence-corrected chi connectivity index (χ3v) is 12.4. The first-order chi connectivity index (χ1) is 22.9. The zero-order valence-electron chi connectivity index (χ0n) is 28.9. The van der Waals surface area contributed by atoms with E-state index in [0.29, 0.717) is 12.1 Å². The SMILES string of the molecule is CC[C@@H](C)NC(=O)[C@@H](Cc1ccccc1)N(Cc1ccc(C)cc1)C(=O)CN(c1ccc(C23CC4CC(CC(C4)C2)C3)cc1)S(C)(=O)=O. The van der Waals surface area contributed by atoms with Crippen LogP contribution in [0.1, 0.15) is 81.0 Å². The van der Waals surface area contributed by atoms with E-state index in [2.05, 4.69) is 17.4 Å². The molecule has 0 aromatic heterocycles. The number of aryl methyl sites for hydroxylation is 1. The third-order valence-electron chi connectivity index (χ3n) is 11.2. The molecule has 0 aliphatic heterocycles. The Hall–Kier alpha value is -3.65. The highest BCUT2D eigenvalue weighted by molar-refractivity contribution is 7.92. The lowest BCUT2D eigenvalue weighted by Crippen LogP contribution is -2.54. The van der Waals surface area contributed by atoms with Crippen molar-refractivity contribution in [2.24, 2.45) is 17.8 Å². The smallest absolute Gasteiger partial charge is 0.244 e. The molecular weight excluding hydrogens is 619 g/mol. The quantitative estimate of drug-likeness (QED) is 0.217. The Labute approximate surface area is 287 Å². The molecule has 2 atom stereocenters. The Balaban J connectivity index is 1.30. The van der Waals surface area contributed by atoms with Crippen LogP contribution in [0.2, 0.25) is 0 Å². The van der Waals surface area contributed by atoms with Gasteiger partial charge in [-0.05, 0) is 111 Å². The van der Waals surface area contributed by atoms with E-state index < -0.39 is 28.5 Å². The number of carbonyl (C=O) groups excluding carboxylic acids is 2. The molecule has 4 aliphatic rings. The lowest BCUT2D eigenvalue weighted by molar-refractivity contribution is -0.140.